The minimum absolute atomic E-state index is 0.00224. The lowest BCUT2D eigenvalue weighted by Crippen LogP contribution is -2.15. The van der Waals surface area contributed by atoms with Gasteiger partial charge in [-0.2, -0.15) is 0 Å². The Kier molecular flexibility index (Phi) is 25.7. The molecule has 0 fully saturated rings. The van der Waals surface area contributed by atoms with E-state index in [0.29, 0.717) is 48.6 Å². The summed E-state index contributed by atoms with van der Waals surface area (Å²) in [7, 11) is 4.87. The Hall–Kier alpha value is -10.4. The summed E-state index contributed by atoms with van der Waals surface area (Å²) in [4.78, 5) is 68.7. The van der Waals surface area contributed by atoms with Crippen LogP contribution in [-0.4, -0.2) is 134 Å². The smallest absolute Gasteiger partial charge is 0.335 e. The number of hydrogen-bond donors (Lipinski definition) is 9. The van der Waals surface area contributed by atoms with Gasteiger partial charge in [0, 0.05) is 16.2 Å². The number of carboxylic acids is 3. The van der Waals surface area contributed by atoms with Gasteiger partial charge in [0.15, 0.2) is 10.3 Å². The molecule has 3 amide bonds. The predicted molar refractivity (Wildman–Crippen MR) is 408 cm³/mol. The Balaban J connectivity index is 0.000000167. The van der Waals surface area contributed by atoms with E-state index in [1.165, 1.54) is 71.9 Å². The number of hydrogen-bond acceptors (Lipinski definition) is 19. The molecule has 0 saturated heterocycles. The molecule has 0 atom stereocenters. The van der Waals surface area contributed by atoms with Crippen molar-refractivity contribution in [1.29, 1.82) is 0 Å². The molecular formula is C69H59BrCl4N14O12S3. The Bertz CT molecular complexity index is 5140. The van der Waals surface area contributed by atoms with Crippen molar-refractivity contribution in [1.82, 2.24) is 44.3 Å². The van der Waals surface area contributed by atoms with E-state index in [9.17, 15) is 28.8 Å². The van der Waals surface area contributed by atoms with Crippen LogP contribution in [0.3, 0.4) is 0 Å². The number of carbonyl (C=O) groups is 6. The molecular weight excluding hydrogens is 1530 g/mol. The molecule has 9 aromatic carbocycles. The topological polar surface area (TPSA) is 374 Å². The first-order valence-corrected chi connectivity index (χ1v) is 34.8. The van der Waals surface area contributed by atoms with E-state index in [-0.39, 0.29) is 66.9 Å². The highest BCUT2D eigenvalue weighted by Crippen LogP contribution is 2.37. The third-order valence-corrected chi connectivity index (χ3v) is 19.0. The molecule has 12 aromatic rings. The minimum Gasteiger partial charge on any atom is -0.497 e. The number of nitrogens with zero attached hydrogens (tertiary/aromatic N) is 8. The molecule has 26 nitrogen and oxygen atoms in total. The lowest BCUT2D eigenvalue weighted by Gasteiger charge is -2.14. The van der Waals surface area contributed by atoms with Crippen LogP contribution in [0.2, 0.25) is 15.1 Å². The van der Waals surface area contributed by atoms with E-state index in [1.807, 2.05) is 109 Å². The molecule has 530 valence electrons. The van der Waals surface area contributed by atoms with E-state index >= 15 is 0 Å². The molecule has 11 N–H and O–H groups in total. The molecule has 0 aliphatic heterocycles. The van der Waals surface area contributed by atoms with Crippen molar-refractivity contribution in [2.24, 2.45) is 0 Å². The maximum atomic E-state index is 12.6. The molecule has 0 aliphatic carbocycles. The first-order chi connectivity index (χ1) is 49.2. The van der Waals surface area contributed by atoms with E-state index in [4.69, 9.17) is 99.6 Å². The molecule has 34 heteroatoms. The molecule has 0 aliphatic rings. The van der Waals surface area contributed by atoms with Crippen molar-refractivity contribution >= 4 is 195 Å². The number of carboxylic acid groups (broad SMARTS) is 3. The number of aryl methyl sites for hydroxylation is 3. The van der Waals surface area contributed by atoms with Crippen LogP contribution in [0.25, 0.3) is 49.4 Å². The molecule has 0 spiro atoms. The number of aromatic amines is 1. The summed E-state index contributed by atoms with van der Waals surface area (Å²) in [6.07, 6.45) is 0. The lowest BCUT2D eigenvalue weighted by atomic mass is 10.0. The Morgan fingerprint density at radius 2 is 0.845 bits per heavy atom. The predicted octanol–water partition coefficient (Wildman–Crippen LogP) is 15.2. The molecule has 12 rings (SSSR count). The standard InChI is InChI=1S/C23H18BrClN4O4S.C23H20ClN5O4S.C14H14N4OS.C9H7Cl2NO3/c1-12-3-8-19(16-10-14(33-2)5-6-15(12)16)29-22(24)27-28-23(29)34-11-20(30)26-18-7-4-13(21(31)32)9-17(18)25;1-12-3-8-19(16-10-14(33-2)5-6-15(12)16)29-22(25)27-28-23(29)34-11-20(30)26-18-7-4-13(21(31)32)9-17(18)24;1-8-3-6-12(18-13(15)16-17-14(18)20)11-7-9(19-2)4-5-10(8)11;10-4-8(13)12-7-2-1-5(9(14)15)3-6(7)11/h3-10H,11H2,1-2H3,(H,26,30)(H,31,32);3-10H,11H2,1-2H3,(H2,25,27)(H,26,30)(H,31,32);3-7H,1-2H3,(H2,15,16)(H,17,20);1-3H,4H2,(H,12,13)(H,14,15). The van der Waals surface area contributed by atoms with Crippen LogP contribution in [0.1, 0.15) is 47.8 Å². The number of nitrogens with one attached hydrogen (secondary N) is 4. The third-order valence-electron chi connectivity index (χ3n) is 15.2. The zero-order chi connectivity index (χ0) is 74.5. The first-order valence-electron chi connectivity index (χ1n) is 30.0. The number of thioether (sulfide) groups is 2. The van der Waals surface area contributed by atoms with E-state index < -0.39 is 23.8 Å². The van der Waals surface area contributed by atoms with Gasteiger partial charge in [0.2, 0.25) is 39.1 Å². The number of fused-ring (bicyclic) bond motifs is 3. The van der Waals surface area contributed by atoms with Crippen LogP contribution < -0.4 is 41.6 Å². The number of methoxy groups -OCH3 is 3. The van der Waals surface area contributed by atoms with Crippen molar-refractivity contribution < 1.29 is 58.3 Å². The van der Waals surface area contributed by atoms with Crippen LogP contribution in [0.4, 0.5) is 29.0 Å². The van der Waals surface area contributed by atoms with Gasteiger partial charge in [-0.25, -0.2) is 19.5 Å². The van der Waals surface area contributed by atoms with Gasteiger partial charge in [-0.05, 0) is 191 Å². The number of nitrogen functional groups attached to an aromatic ring is 2. The van der Waals surface area contributed by atoms with E-state index in [0.717, 1.165) is 83.8 Å². The largest absolute Gasteiger partial charge is 0.497 e. The monoisotopic (exact) mass is 1590 g/mol. The van der Waals surface area contributed by atoms with Crippen molar-refractivity contribution in [2.75, 3.05) is 66.1 Å². The summed E-state index contributed by atoms with van der Waals surface area (Å²) in [6.45, 7) is 6.12. The highest BCUT2D eigenvalue weighted by molar-refractivity contribution is 9.10. The molecule has 0 unspecified atom stereocenters. The second kappa shape index (κ2) is 34.5. The highest BCUT2D eigenvalue weighted by Gasteiger charge is 2.22. The summed E-state index contributed by atoms with van der Waals surface area (Å²) < 4.78 is 22.3. The summed E-state index contributed by atoms with van der Waals surface area (Å²) in [6, 6.07) is 41.8. The van der Waals surface area contributed by atoms with Crippen LogP contribution in [0, 0.1) is 25.5 Å². The van der Waals surface area contributed by atoms with Gasteiger partial charge in [0.1, 0.15) is 23.1 Å². The fourth-order valence-corrected chi connectivity index (χ4v) is 13.2. The molecule has 3 aromatic heterocycles. The minimum atomic E-state index is -1.10. The number of aromatic carboxylic acids is 3. The number of alkyl halides is 1. The van der Waals surface area contributed by atoms with Gasteiger partial charge in [-0.3, -0.25) is 28.1 Å². The van der Waals surface area contributed by atoms with Gasteiger partial charge in [-0.15, -0.1) is 37.1 Å². The zero-order valence-electron chi connectivity index (χ0n) is 54.8. The zero-order valence-corrected chi connectivity index (χ0v) is 61.9. The van der Waals surface area contributed by atoms with Gasteiger partial charge in [0.25, 0.3) is 0 Å². The normalized spacial score (nSPS) is 10.7. The quantitative estimate of drug-likeness (QED) is 0.0206. The molecule has 0 radical (unpaired) electrons. The lowest BCUT2D eigenvalue weighted by molar-refractivity contribution is -0.114. The molecule has 103 heavy (non-hydrogen) atoms. The van der Waals surface area contributed by atoms with Crippen LogP contribution >= 0.6 is 98.1 Å². The fourth-order valence-electron chi connectivity index (χ4n) is 10.1. The van der Waals surface area contributed by atoms with Crippen LogP contribution in [0.5, 0.6) is 17.2 Å². The fraction of sp³-hybridized carbons (Fsp3) is 0.130. The Morgan fingerprint density at radius 1 is 0.485 bits per heavy atom. The molecule has 0 saturated carbocycles. The van der Waals surface area contributed by atoms with Crippen molar-refractivity contribution in [3.05, 3.63) is 204 Å². The van der Waals surface area contributed by atoms with E-state index in [2.05, 4.69) is 69.4 Å². The van der Waals surface area contributed by atoms with Gasteiger partial charge in [0.05, 0.1) is 98.7 Å². The summed E-state index contributed by atoms with van der Waals surface area (Å²) in [5.41, 5.74) is 19.0. The number of rotatable bonds is 19. The average Bonchev–Trinajstić information content (AvgIpc) is 1.77. The van der Waals surface area contributed by atoms with Gasteiger partial charge >= 0.3 is 17.9 Å². The highest BCUT2D eigenvalue weighted by atomic mass is 79.9. The van der Waals surface area contributed by atoms with Gasteiger partial charge < -0.3 is 56.9 Å². The number of amides is 3. The van der Waals surface area contributed by atoms with Gasteiger partial charge in [-0.1, -0.05) is 94.7 Å². The molecule has 3 heterocycles. The first kappa shape index (κ1) is 76.7. The number of benzene rings is 9. The maximum absolute atomic E-state index is 12.6. The average molecular weight is 1590 g/mol. The van der Waals surface area contributed by atoms with Crippen LogP contribution in [-0.2, 0) is 14.4 Å². The number of aromatic nitrogens is 9. The number of H-pyrrole nitrogens is 1. The number of halogens is 5. The van der Waals surface area contributed by atoms with E-state index in [1.54, 1.807) is 30.5 Å². The van der Waals surface area contributed by atoms with Crippen molar-refractivity contribution in [3.8, 4) is 34.3 Å². The SMILES string of the molecule is COc1ccc2c(C)ccc(-n3c(Br)nnc3SCC(=O)Nc3ccc(C(=O)O)cc3Cl)c2c1.COc1ccc2c(C)ccc(-n3c(N)n[nH]c3=S)c2c1.COc1ccc2c(C)ccc(-n3c(N)nnc3SCC(=O)Nc3ccc(C(=O)O)cc3Cl)c2c1.O=C(CCl)Nc1ccc(C(=O)O)cc1Cl. The van der Waals surface area contributed by atoms with Crippen molar-refractivity contribution in [2.45, 2.75) is 31.1 Å². The van der Waals surface area contributed by atoms with Crippen LogP contribution in [0.15, 0.2) is 161 Å². The number of ether oxygens (including phenoxy) is 3. The Morgan fingerprint density at radius 3 is 1.19 bits per heavy atom. The maximum Gasteiger partial charge on any atom is 0.335 e. The second-order valence-corrected chi connectivity index (χ2v) is 26.2. The number of carbonyl (C=O) groups excluding carboxylic acids is 3. The summed E-state index contributed by atoms with van der Waals surface area (Å²) >= 11 is 34.3. The number of nitrogens with two attached hydrogens (primary N) is 2. The van der Waals surface area contributed by atoms with Crippen molar-refractivity contribution in [3.63, 3.8) is 0 Å². The number of anilines is 5. The summed E-state index contributed by atoms with van der Waals surface area (Å²) in [5, 5.41) is 65.2. The molecule has 0 bridgehead atoms. The summed E-state index contributed by atoms with van der Waals surface area (Å²) in [5.74, 6) is -1.76. The third kappa shape index (κ3) is 18.4. The second-order valence-electron chi connectivity index (χ2n) is 21.8. The Labute approximate surface area is 628 Å².